The first-order valence-corrected chi connectivity index (χ1v) is 6.70. The zero-order valence-electron chi connectivity index (χ0n) is 12.2. The number of allylic oxidation sites excluding steroid dienone is 3. The second-order valence-electron chi connectivity index (χ2n) is 5.16. The molecule has 0 aromatic carbocycles. The van der Waals surface area contributed by atoms with E-state index in [1.54, 1.807) is 28.4 Å². The highest BCUT2D eigenvalue weighted by Crippen LogP contribution is 2.44. The molecule has 4 nitrogen and oxygen atoms in total. The topological polar surface area (TPSA) is 36.9 Å². The Kier molecular flexibility index (Phi) is 5.16. The van der Waals surface area contributed by atoms with Crippen LogP contribution in [0, 0.1) is 17.8 Å². The van der Waals surface area contributed by atoms with E-state index in [0.29, 0.717) is 19.1 Å². The first-order valence-electron chi connectivity index (χ1n) is 6.70. The van der Waals surface area contributed by atoms with Gasteiger partial charge in [0.25, 0.3) is 0 Å². The predicted octanol–water partition coefficient (Wildman–Crippen LogP) is 1.67. The van der Waals surface area contributed by atoms with Gasteiger partial charge in [0.1, 0.15) is 0 Å². The number of methoxy groups -OCH3 is 4. The fraction of sp³-hybridized carbons (Fsp3) is 0.733. The quantitative estimate of drug-likeness (QED) is 0.734. The molecule has 5 atom stereocenters. The van der Waals surface area contributed by atoms with Gasteiger partial charge < -0.3 is 18.9 Å². The van der Waals surface area contributed by atoms with Gasteiger partial charge in [0.2, 0.25) is 0 Å². The predicted molar refractivity (Wildman–Crippen MR) is 73.0 cm³/mol. The van der Waals surface area contributed by atoms with Crippen LogP contribution < -0.4 is 0 Å². The van der Waals surface area contributed by atoms with Gasteiger partial charge in [-0.15, -0.1) is 0 Å². The van der Waals surface area contributed by atoms with Gasteiger partial charge in [-0.1, -0.05) is 23.8 Å². The summed E-state index contributed by atoms with van der Waals surface area (Å²) in [6.45, 7) is 1.33. The van der Waals surface area contributed by atoms with Crippen LogP contribution in [0.15, 0.2) is 23.8 Å². The van der Waals surface area contributed by atoms with Crippen molar-refractivity contribution in [1.29, 1.82) is 0 Å². The Balaban J connectivity index is 2.30. The monoisotopic (exact) mass is 268 g/mol. The lowest BCUT2D eigenvalue weighted by atomic mass is 9.68. The summed E-state index contributed by atoms with van der Waals surface area (Å²) in [6, 6.07) is 0. The Bertz CT molecular complexity index is 350. The van der Waals surface area contributed by atoms with E-state index in [4.69, 9.17) is 18.9 Å². The summed E-state index contributed by atoms with van der Waals surface area (Å²) in [5, 5.41) is 0. The fourth-order valence-electron chi connectivity index (χ4n) is 3.50. The van der Waals surface area contributed by atoms with Crippen molar-refractivity contribution in [3.05, 3.63) is 23.8 Å². The fourth-order valence-corrected chi connectivity index (χ4v) is 3.50. The van der Waals surface area contributed by atoms with E-state index in [0.717, 1.165) is 0 Å². The molecule has 0 saturated heterocycles. The average Bonchev–Trinajstić information content (AvgIpc) is 2.90. The van der Waals surface area contributed by atoms with Crippen LogP contribution in [0.1, 0.15) is 0 Å². The first kappa shape index (κ1) is 14.7. The zero-order chi connectivity index (χ0) is 13.8. The number of ether oxygens (including phenoxy) is 4. The van der Waals surface area contributed by atoms with Gasteiger partial charge in [0.15, 0.2) is 0 Å². The molecule has 0 N–H and O–H groups in total. The van der Waals surface area contributed by atoms with Crippen molar-refractivity contribution in [3.8, 4) is 0 Å². The Morgan fingerprint density at radius 1 is 0.947 bits per heavy atom. The molecule has 0 unspecified atom stereocenters. The van der Waals surface area contributed by atoms with Gasteiger partial charge in [-0.2, -0.15) is 0 Å². The third kappa shape index (κ3) is 2.63. The molecule has 0 amide bonds. The van der Waals surface area contributed by atoms with E-state index in [1.165, 1.54) is 5.57 Å². The summed E-state index contributed by atoms with van der Waals surface area (Å²) in [4.78, 5) is 0. The second kappa shape index (κ2) is 6.66. The van der Waals surface area contributed by atoms with Crippen LogP contribution in [0.5, 0.6) is 0 Å². The number of fused-ring (bicyclic) bond motifs is 1. The lowest BCUT2D eigenvalue weighted by Crippen LogP contribution is -2.52. The van der Waals surface area contributed by atoms with Crippen LogP contribution in [-0.2, 0) is 18.9 Å². The van der Waals surface area contributed by atoms with Gasteiger partial charge in [-0.25, -0.2) is 0 Å². The van der Waals surface area contributed by atoms with E-state index < -0.39 is 0 Å². The molecular formula is C15H24O4. The summed E-state index contributed by atoms with van der Waals surface area (Å²) in [5.74, 6) is 0.905. The number of rotatable bonds is 6. The van der Waals surface area contributed by atoms with Crippen molar-refractivity contribution in [2.45, 2.75) is 12.2 Å². The average molecular weight is 268 g/mol. The van der Waals surface area contributed by atoms with E-state index >= 15 is 0 Å². The molecule has 108 valence electrons. The number of hydrogen-bond acceptors (Lipinski definition) is 4. The minimum absolute atomic E-state index is 0.00694. The molecule has 2 aliphatic rings. The minimum Gasteiger partial charge on any atom is -0.384 e. The molecular weight excluding hydrogens is 244 g/mol. The van der Waals surface area contributed by atoms with Crippen LogP contribution >= 0.6 is 0 Å². The lowest BCUT2D eigenvalue weighted by molar-refractivity contribution is -0.127. The molecule has 2 rings (SSSR count). The van der Waals surface area contributed by atoms with Gasteiger partial charge in [0.05, 0.1) is 25.4 Å². The Hall–Kier alpha value is -0.680. The van der Waals surface area contributed by atoms with Gasteiger partial charge in [-0.3, -0.25) is 0 Å². The minimum atomic E-state index is 0.00694. The van der Waals surface area contributed by atoms with Crippen LogP contribution in [0.25, 0.3) is 0 Å². The molecule has 0 aliphatic heterocycles. The maximum absolute atomic E-state index is 5.72. The standard InChI is InChI=1S/C15H24O4/c1-16-8-12-10-6-5-7-11(10)13(9-17-2)15(19-4)14(12)18-3/h5-7,10,12-15H,8-9H2,1-4H3/t10-,12+,13+,14+,15+/m0/s1. The summed E-state index contributed by atoms with van der Waals surface area (Å²) >= 11 is 0. The second-order valence-corrected chi connectivity index (χ2v) is 5.16. The molecule has 2 aliphatic carbocycles. The smallest absolute Gasteiger partial charge is 0.0924 e. The van der Waals surface area contributed by atoms with E-state index in [9.17, 15) is 0 Å². The highest BCUT2D eigenvalue weighted by Gasteiger charge is 2.48. The first-order chi connectivity index (χ1) is 9.28. The van der Waals surface area contributed by atoms with Crippen LogP contribution in [0.2, 0.25) is 0 Å². The van der Waals surface area contributed by atoms with Crippen molar-refractivity contribution in [2.75, 3.05) is 41.7 Å². The van der Waals surface area contributed by atoms with Crippen molar-refractivity contribution in [1.82, 2.24) is 0 Å². The molecule has 4 heteroatoms. The normalized spacial score (nSPS) is 37.3. The lowest BCUT2D eigenvalue weighted by Gasteiger charge is -2.45. The highest BCUT2D eigenvalue weighted by atomic mass is 16.5. The Morgan fingerprint density at radius 3 is 2.21 bits per heavy atom. The third-order valence-electron chi connectivity index (χ3n) is 4.27. The van der Waals surface area contributed by atoms with E-state index in [1.807, 2.05) is 0 Å². The summed E-state index contributed by atoms with van der Waals surface area (Å²) in [7, 11) is 6.95. The molecule has 19 heavy (non-hydrogen) atoms. The maximum atomic E-state index is 5.72. The molecule has 1 saturated carbocycles. The zero-order valence-corrected chi connectivity index (χ0v) is 12.2. The van der Waals surface area contributed by atoms with Gasteiger partial charge >= 0.3 is 0 Å². The molecule has 0 aromatic heterocycles. The highest BCUT2D eigenvalue weighted by molar-refractivity contribution is 5.34. The molecule has 0 heterocycles. The summed E-state index contributed by atoms with van der Waals surface area (Å²) in [6.07, 6.45) is 6.58. The molecule has 0 radical (unpaired) electrons. The summed E-state index contributed by atoms with van der Waals surface area (Å²) in [5.41, 5.74) is 1.38. The van der Waals surface area contributed by atoms with Gasteiger partial charge in [-0.05, 0) is 0 Å². The molecule has 1 fully saturated rings. The number of hydrogen-bond donors (Lipinski definition) is 0. The third-order valence-corrected chi connectivity index (χ3v) is 4.27. The van der Waals surface area contributed by atoms with Crippen LogP contribution in [0.3, 0.4) is 0 Å². The van der Waals surface area contributed by atoms with E-state index in [-0.39, 0.29) is 24.0 Å². The van der Waals surface area contributed by atoms with Crippen molar-refractivity contribution < 1.29 is 18.9 Å². The van der Waals surface area contributed by atoms with Crippen molar-refractivity contribution in [3.63, 3.8) is 0 Å². The summed E-state index contributed by atoms with van der Waals surface area (Å²) < 4.78 is 22.2. The molecule has 0 aromatic rings. The Morgan fingerprint density at radius 2 is 1.63 bits per heavy atom. The van der Waals surface area contributed by atoms with Crippen LogP contribution in [-0.4, -0.2) is 53.9 Å². The maximum Gasteiger partial charge on any atom is 0.0924 e. The molecule has 0 bridgehead atoms. The van der Waals surface area contributed by atoms with Crippen molar-refractivity contribution in [2.24, 2.45) is 17.8 Å². The van der Waals surface area contributed by atoms with Crippen molar-refractivity contribution >= 4 is 0 Å². The molecule has 0 spiro atoms. The van der Waals surface area contributed by atoms with E-state index in [2.05, 4.69) is 18.2 Å². The Labute approximate surface area is 115 Å². The van der Waals surface area contributed by atoms with Gasteiger partial charge in [0, 0.05) is 46.2 Å². The largest absolute Gasteiger partial charge is 0.384 e. The SMILES string of the molecule is COC[C@H]1[C@@H](OC)[C@H](OC)[C@H](COC)C2=CC=C[C@@H]21. The van der Waals surface area contributed by atoms with Crippen LogP contribution in [0.4, 0.5) is 0 Å².